The first-order valence-corrected chi connectivity index (χ1v) is 6.30. The Morgan fingerprint density at radius 3 is 2.78 bits per heavy atom. The van der Waals surface area contributed by atoms with Crippen LogP contribution >= 0.6 is 0 Å². The molecule has 1 saturated heterocycles. The van der Waals surface area contributed by atoms with Crippen LogP contribution < -0.4 is 14.8 Å². The maximum atomic E-state index is 5.54. The van der Waals surface area contributed by atoms with Crippen LogP contribution in [0.1, 0.15) is 24.4 Å². The van der Waals surface area contributed by atoms with Crippen molar-refractivity contribution < 1.29 is 9.47 Å². The highest BCUT2D eigenvalue weighted by molar-refractivity contribution is 5.92. The molecular formula is C14H18N2O2. The molecule has 1 atom stereocenters. The van der Waals surface area contributed by atoms with E-state index in [-0.39, 0.29) is 0 Å². The summed E-state index contributed by atoms with van der Waals surface area (Å²) in [6.07, 6.45) is 4.48. The second-order valence-corrected chi connectivity index (χ2v) is 4.62. The first-order valence-electron chi connectivity index (χ1n) is 6.30. The van der Waals surface area contributed by atoms with Crippen LogP contribution in [0.2, 0.25) is 0 Å². The fourth-order valence-corrected chi connectivity index (χ4v) is 2.79. The standard InChI is InChI=1S/C14H18N2O2/c1-17-12-6-5-11-13(14(12)18-2)9(8-16-11)10-4-3-7-15-10/h5-6,8,10,15-16H,3-4,7H2,1-2H3. The highest BCUT2D eigenvalue weighted by Gasteiger charge is 2.22. The number of rotatable bonds is 3. The summed E-state index contributed by atoms with van der Waals surface area (Å²) in [4.78, 5) is 3.32. The highest BCUT2D eigenvalue weighted by Crippen LogP contribution is 2.40. The van der Waals surface area contributed by atoms with Gasteiger partial charge >= 0.3 is 0 Å². The summed E-state index contributed by atoms with van der Waals surface area (Å²) in [6, 6.07) is 4.39. The number of H-pyrrole nitrogens is 1. The molecule has 1 aliphatic rings. The number of aromatic amines is 1. The van der Waals surface area contributed by atoms with Crippen molar-refractivity contribution >= 4 is 10.9 Å². The quantitative estimate of drug-likeness (QED) is 0.875. The molecule has 0 amide bonds. The Bertz CT molecular complexity index is 556. The molecule has 0 spiro atoms. The minimum Gasteiger partial charge on any atom is -0.493 e. The fraction of sp³-hybridized carbons (Fsp3) is 0.429. The molecule has 2 aromatic rings. The third-order valence-electron chi connectivity index (χ3n) is 3.65. The van der Waals surface area contributed by atoms with Gasteiger partial charge in [-0.15, -0.1) is 0 Å². The zero-order valence-electron chi connectivity index (χ0n) is 10.7. The maximum absolute atomic E-state index is 5.54. The number of hydrogen-bond acceptors (Lipinski definition) is 3. The van der Waals surface area contributed by atoms with Gasteiger partial charge < -0.3 is 19.8 Å². The van der Waals surface area contributed by atoms with E-state index in [2.05, 4.69) is 16.5 Å². The van der Waals surface area contributed by atoms with Crippen molar-refractivity contribution in [3.8, 4) is 11.5 Å². The van der Waals surface area contributed by atoms with Crippen molar-refractivity contribution in [1.29, 1.82) is 0 Å². The molecule has 0 aliphatic carbocycles. The fourth-order valence-electron chi connectivity index (χ4n) is 2.79. The summed E-state index contributed by atoms with van der Waals surface area (Å²) in [5.74, 6) is 1.60. The van der Waals surface area contributed by atoms with E-state index in [1.54, 1.807) is 14.2 Å². The highest BCUT2D eigenvalue weighted by atomic mass is 16.5. The van der Waals surface area contributed by atoms with Gasteiger partial charge in [0, 0.05) is 17.8 Å². The van der Waals surface area contributed by atoms with E-state index in [1.807, 2.05) is 12.1 Å². The van der Waals surface area contributed by atoms with Crippen molar-refractivity contribution in [2.45, 2.75) is 18.9 Å². The molecule has 1 aromatic heterocycles. The van der Waals surface area contributed by atoms with Crippen LogP contribution in [0.15, 0.2) is 18.3 Å². The first kappa shape index (κ1) is 11.4. The van der Waals surface area contributed by atoms with E-state index in [0.717, 1.165) is 28.9 Å². The average molecular weight is 246 g/mol. The smallest absolute Gasteiger partial charge is 0.170 e. The molecule has 0 radical (unpaired) electrons. The molecule has 3 rings (SSSR count). The van der Waals surface area contributed by atoms with Crippen LogP contribution in [0.5, 0.6) is 11.5 Å². The summed E-state index contributed by atoms with van der Waals surface area (Å²) < 4.78 is 10.9. The van der Waals surface area contributed by atoms with E-state index in [0.29, 0.717) is 6.04 Å². The van der Waals surface area contributed by atoms with Crippen molar-refractivity contribution in [2.75, 3.05) is 20.8 Å². The first-order chi connectivity index (χ1) is 8.85. The molecule has 0 saturated carbocycles. The normalized spacial score (nSPS) is 19.3. The lowest BCUT2D eigenvalue weighted by atomic mass is 10.0. The van der Waals surface area contributed by atoms with Gasteiger partial charge in [0.25, 0.3) is 0 Å². The van der Waals surface area contributed by atoms with Gasteiger partial charge in [-0.05, 0) is 37.1 Å². The summed E-state index contributed by atoms with van der Waals surface area (Å²) in [5.41, 5.74) is 2.37. The van der Waals surface area contributed by atoms with Crippen LogP contribution in [-0.4, -0.2) is 25.7 Å². The summed E-state index contributed by atoms with van der Waals surface area (Å²) in [7, 11) is 3.36. The lowest BCUT2D eigenvalue weighted by Gasteiger charge is -2.13. The number of methoxy groups -OCH3 is 2. The Morgan fingerprint density at radius 2 is 2.11 bits per heavy atom. The third kappa shape index (κ3) is 1.64. The lowest BCUT2D eigenvalue weighted by Crippen LogP contribution is -2.12. The Kier molecular flexibility index (Phi) is 2.88. The predicted octanol–water partition coefficient (Wildman–Crippen LogP) is 2.61. The number of benzene rings is 1. The van der Waals surface area contributed by atoms with E-state index in [9.17, 15) is 0 Å². The molecule has 2 heterocycles. The second-order valence-electron chi connectivity index (χ2n) is 4.62. The molecule has 1 unspecified atom stereocenters. The Labute approximate surface area is 106 Å². The molecule has 4 nitrogen and oxygen atoms in total. The SMILES string of the molecule is COc1ccc2[nH]cc(C3CCCN3)c2c1OC. The molecule has 96 valence electrons. The lowest BCUT2D eigenvalue weighted by molar-refractivity contribution is 0.358. The molecule has 1 aliphatic heterocycles. The minimum atomic E-state index is 0.416. The number of ether oxygens (including phenoxy) is 2. The van der Waals surface area contributed by atoms with E-state index in [4.69, 9.17) is 9.47 Å². The number of fused-ring (bicyclic) bond motifs is 1. The molecule has 1 aromatic carbocycles. The van der Waals surface area contributed by atoms with Gasteiger partial charge in [0.05, 0.1) is 19.6 Å². The topological polar surface area (TPSA) is 46.3 Å². The van der Waals surface area contributed by atoms with Gasteiger partial charge in [-0.1, -0.05) is 0 Å². The van der Waals surface area contributed by atoms with Crippen LogP contribution in [0.3, 0.4) is 0 Å². The predicted molar refractivity (Wildman–Crippen MR) is 71.4 cm³/mol. The molecule has 18 heavy (non-hydrogen) atoms. The van der Waals surface area contributed by atoms with E-state index >= 15 is 0 Å². The van der Waals surface area contributed by atoms with Gasteiger partial charge in [0.2, 0.25) is 0 Å². The van der Waals surface area contributed by atoms with Gasteiger partial charge in [-0.2, -0.15) is 0 Å². The minimum absolute atomic E-state index is 0.416. The average Bonchev–Trinajstić information content (AvgIpc) is 3.05. The second kappa shape index (κ2) is 4.53. The Balaban J connectivity index is 2.20. The summed E-state index contributed by atoms with van der Waals surface area (Å²) in [6.45, 7) is 1.09. The van der Waals surface area contributed by atoms with Crippen molar-refractivity contribution in [3.63, 3.8) is 0 Å². The Hall–Kier alpha value is -1.68. The maximum Gasteiger partial charge on any atom is 0.170 e. The van der Waals surface area contributed by atoms with Gasteiger partial charge in [-0.3, -0.25) is 0 Å². The third-order valence-corrected chi connectivity index (χ3v) is 3.65. The molecule has 4 heteroatoms. The summed E-state index contributed by atoms with van der Waals surface area (Å²) in [5, 5.41) is 4.66. The summed E-state index contributed by atoms with van der Waals surface area (Å²) >= 11 is 0. The van der Waals surface area contributed by atoms with Gasteiger partial charge in [-0.25, -0.2) is 0 Å². The molecule has 1 fully saturated rings. The van der Waals surface area contributed by atoms with Gasteiger partial charge in [0.15, 0.2) is 11.5 Å². The van der Waals surface area contributed by atoms with Crippen LogP contribution in [-0.2, 0) is 0 Å². The van der Waals surface area contributed by atoms with Crippen molar-refractivity contribution in [1.82, 2.24) is 10.3 Å². The van der Waals surface area contributed by atoms with Crippen molar-refractivity contribution in [3.05, 3.63) is 23.9 Å². The number of aromatic nitrogens is 1. The largest absolute Gasteiger partial charge is 0.493 e. The van der Waals surface area contributed by atoms with E-state index < -0.39 is 0 Å². The van der Waals surface area contributed by atoms with E-state index in [1.165, 1.54) is 18.4 Å². The van der Waals surface area contributed by atoms with Crippen LogP contribution in [0, 0.1) is 0 Å². The van der Waals surface area contributed by atoms with Crippen LogP contribution in [0.4, 0.5) is 0 Å². The zero-order valence-corrected chi connectivity index (χ0v) is 10.7. The monoisotopic (exact) mass is 246 g/mol. The number of nitrogens with one attached hydrogen (secondary N) is 2. The number of hydrogen-bond donors (Lipinski definition) is 2. The van der Waals surface area contributed by atoms with Gasteiger partial charge in [0.1, 0.15) is 0 Å². The molecular weight excluding hydrogens is 228 g/mol. The molecule has 2 N–H and O–H groups in total. The zero-order chi connectivity index (χ0) is 12.5. The molecule has 0 bridgehead atoms. The van der Waals surface area contributed by atoms with Crippen LogP contribution in [0.25, 0.3) is 10.9 Å². The Morgan fingerprint density at radius 1 is 1.22 bits per heavy atom. The van der Waals surface area contributed by atoms with Crippen molar-refractivity contribution in [2.24, 2.45) is 0 Å².